The average Bonchev–Trinajstić information content (AvgIpc) is 0.725. The Balaban J connectivity index is 6.02. The van der Waals surface area contributed by atoms with Gasteiger partial charge in [0.05, 0.1) is 14.2 Å². The first-order valence-corrected chi connectivity index (χ1v) is 31.2. The van der Waals surface area contributed by atoms with Crippen LogP contribution in [-0.4, -0.2) is 155 Å². The van der Waals surface area contributed by atoms with E-state index in [-0.39, 0.29) is 0 Å². The third kappa shape index (κ3) is 17.5. The largest absolute Gasteiger partial charge is 0.468 e. The summed E-state index contributed by atoms with van der Waals surface area (Å²) in [6, 6.07) is 0. The van der Waals surface area contributed by atoms with E-state index in [1.54, 1.807) is 0 Å². The summed E-state index contributed by atoms with van der Waals surface area (Å²) in [5.74, 6) is -138. The van der Waals surface area contributed by atoms with Crippen molar-refractivity contribution < 1.29 is 177 Å². The minimum absolute atomic E-state index is 0.307. The molecule has 0 aliphatic heterocycles. The maximum atomic E-state index is 14.8. The van der Waals surface area contributed by atoms with Crippen LogP contribution in [0.5, 0.6) is 0 Å². The van der Waals surface area contributed by atoms with Gasteiger partial charge in [-0.1, -0.05) is 161 Å². The summed E-state index contributed by atoms with van der Waals surface area (Å²) in [4.78, 5) is 23.2. The summed E-state index contributed by atoms with van der Waals surface area (Å²) in [5, 5.41) is 0. The third-order valence-corrected chi connectivity index (χ3v) is 19.0. The number of ether oxygens (including phenoxy) is 2. The van der Waals surface area contributed by atoms with Crippen LogP contribution in [0.2, 0.25) is 0 Å². The first-order valence-electron chi connectivity index (χ1n) is 24.0. The normalized spacial score (nSPS) is 18.2. The number of esters is 2. The molecule has 0 aromatic rings. The van der Waals surface area contributed by atoms with Gasteiger partial charge in [0.25, 0.3) is 0 Å². The van der Waals surface area contributed by atoms with Crippen LogP contribution in [0.4, 0.5) is 158 Å². The van der Waals surface area contributed by atoms with Gasteiger partial charge in [-0.05, 0) is 39.5 Å². The lowest BCUT2D eigenvalue weighted by Crippen LogP contribution is -2.71. The molecule has 0 aliphatic rings. The molecule has 0 amide bonds. The lowest BCUT2D eigenvalue weighted by atomic mass is 9.87. The van der Waals surface area contributed by atoms with Crippen molar-refractivity contribution in [3.63, 3.8) is 0 Å². The van der Waals surface area contributed by atoms with Crippen molar-refractivity contribution in [2.75, 3.05) is 14.2 Å². The van der Waals surface area contributed by atoms with Crippen LogP contribution in [0.15, 0.2) is 0 Å². The molecule has 6 atom stereocenters. The number of halogens is 42. The molecular weight excluding hydrogens is 2040 g/mol. The average molecular weight is 2080 g/mol. The van der Waals surface area contributed by atoms with E-state index in [2.05, 4.69) is 9.47 Å². The van der Waals surface area contributed by atoms with Gasteiger partial charge in [0, 0.05) is 54.2 Å². The van der Waals surface area contributed by atoms with Gasteiger partial charge in [0.1, 0.15) is 6.84 Å². The number of hydrogen-bond acceptors (Lipinski definition) is 4. The zero-order chi connectivity index (χ0) is 72.8. The van der Waals surface area contributed by atoms with E-state index in [0.29, 0.717) is 164 Å². The summed E-state index contributed by atoms with van der Waals surface area (Å²) < 4.78 is 518. The van der Waals surface area contributed by atoms with E-state index in [0.717, 1.165) is 0 Å². The van der Waals surface area contributed by atoms with Crippen molar-refractivity contribution in [1.82, 2.24) is 0 Å². The number of unbranched alkanes of at least 4 members (excludes halogenated alkanes) is 2. The SMILES string of the molecule is COC(=O)C(C)(I)CC(F)(F)C(F)(F)C(F)(F)C(F)(F)C(F)(F)C(F)(F)CC(I)CCCCC(I)CC(F)(F)C(F)(F)C(F)(F)C(F)(F)C(F)(F)C(F)(F)CC(I)CCCCC(I)CC(F)(F)C(F)(F)C(F)(F)C(F)(F)C(F)(F)C(F)(F)CC(C)(I)C(=O)OC. The number of rotatable bonds is 39. The molecular formula is C44H44F36I6O4. The summed E-state index contributed by atoms with van der Waals surface area (Å²) in [6.45, 7) is 0.613. The monoisotopic (exact) mass is 2080 g/mol. The highest BCUT2D eigenvalue weighted by Crippen LogP contribution is 2.66. The van der Waals surface area contributed by atoms with Crippen LogP contribution in [0.1, 0.15) is 104 Å². The molecule has 6 unspecified atom stereocenters. The maximum absolute atomic E-state index is 14.8. The minimum Gasteiger partial charge on any atom is -0.468 e. The standard InChI is InChI=1S/C44H44F36I6O4/c1-25(85,23(87)89-3)17-31(53,54)37(65,66)43(77,78)41(73,74)35(61,62)29(49,50)15-21(83)11-7-5-9-19(81)13-27(45,46)33(57,58)39(69,70)40(71,72)34(59,60)28(47,48)14-20(82)10-6-8-12-22(84)16-30(51,52)36(63,64)42(75,76)44(79,80)38(67,68)32(55,56)18-26(2,86)24(88)90-4/h19-22H,5-18H2,1-4H3. The Morgan fingerprint density at radius 3 is 0.544 bits per heavy atom. The van der Waals surface area contributed by atoms with Gasteiger partial charge in [-0.3, -0.25) is 9.59 Å². The smallest absolute Gasteiger partial charge is 0.384 e. The first-order chi connectivity index (χ1) is 39.1. The highest BCUT2D eigenvalue weighted by Gasteiger charge is 2.93. The van der Waals surface area contributed by atoms with Crippen LogP contribution in [-0.2, 0) is 19.1 Å². The molecule has 0 bridgehead atoms. The van der Waals surface area contributed by atoms with E-state index in [1.807, 2.05) is 0 Å². The van der Waals surface area contributed by atoms with Crippen molar-refractivity contribution >= 4 is 147 Å². The van der Waals surface area contributed by atoms with E-state index in [4.69, 9.17) is 0 Å². The van der Waals surface area contributed by atoms with Crippen molar-refractivity contribution in [2.24, 2.45) is 0 Å². The maximum Gasteiger partial charge on any atom is 0.384 e. The van der Waals surface area contributed by atoms with Crippen LogP contribution in [0, 0.1) is 0 Å². The van der Waals surface area contributed by atoms with Gasteiger partial charge in [-0.15, -0.1) is 0 Å². The lowest BCUT2D eigenvalue weighted by Gasteiger charge is -2.42. The second-order valence-electron chi connectivity index (χ2n) is 20.6. The summed E-state index contributed by atoms with van der Waals surface area (Å²) >= 11 is 3.93. The van der Waals surface area contributed by atoms with Crippen LogP contribution < -0.4 is 0 Å². The molecule has 0 aromatic carbocycles. The van der Waals surface area contributed by atoms with Crippen LogP contribution in [0.3, 0.4) is 0 Å². The Kier molecular flexibility index (Phi) is 29.8. The second-order valence-corrected chi connectivity index (χ2v) is 32.4. The molecule has 4 nitrogen and oxygen atoms in total. The van der Waals surface area contributed by atoms with E-state index < -0.39 is 231 Å². The van der Waals surface area contributed by atoms with Crippen molar-refractivity contribution in [3.05, 3.63) is 0 Å². The van der Waals surface area contributed by atoms with Crippen LogP contribution >= 0.6 is 136 Å². The number of carbonyl (C=O) groups is 2. The molecule has 46 heteroatoms. The van der Waals surface area contributed by atoms with Gasteiger partial charge in [0.2, 0.25) is 0 Å². The van der Waals surface area contributed by atoms with Crippen molar-refractivity contribution in [2.45, 2.75) is 233 Å². The predicted octanol–water partition coefficient (Wildman–Crippen LogP) is 21.8. The number of alkyl halides is 42. The Hall–Kier alpha value is 0.800. The molecule has 538 valence electrons. The van der Waals surface area contributed by atoms with Gasteiger partial charge in [-0.25, -0.2) is 0 Å². The molecule has 0 saturated heterocycles. The zero-order valence-corrected chi connectivity index (χ0v) is 57.7. The molecule has 0 fully saturated rings. The summed E-state index contributed by atoms with van der Waals surface area (Å²) in [5.41, 5.74) is 0. The first kappa shape index (κ1) is 90.8. The minimum atomic E-state index is -8.18. The molecule has 0 aliphatic carbocycles. The van der Waals surface area contributed by atoms with Gasteiger partial charge in [-0.2, -0.15) is 158 Å². The molecule has 90 heavy (non-hydrogen) atoms. The van der Waals surface area contributed by atoms with Crippen LogP contribution in [0.25, 0.3) is 0 Å². The van der Waals surface area contributed by atoms with Gasteiger partial charge in [0.15, 0.2) is 0 Å². The number of methoxy groups -OCH3 is 2. The Morgan fingerprint density at radius 2 is 0.411 bits per heavy atom. The van der Waals surface area contributed by atoms with E-state index in [1.165, 1.54) is 0 Å². The number of carbonyl (C=O) groups excluding carboxylic acids is 2. The molecule has 0 N–H and O–H groups in total. The lowest BCUT2D eigenvalue weighted by molar-refractivity contribution is -0.425. The quantitative estimate of drug-likeness (QED) is 0.0202. The molecule has 0 aromatic heterocycles. The van der Waals surface area contributed by atoms with Gasteiger partial charge >= 0.3 is 119 Å². The topological polar surface area (TPSA) is 52.6 Å². The molecule has 0 spiro atoms. The van der Waals surface area contributed by atoms with E-state index in [9.17, 15) is 168 Å². The molecule has 0 radical (unpaired) electrons. The fourth-order valence-corrected chi connectivity index (χ4v) is 13.1. The highest BCUT2D eigenvalue weighted by molar-refractivity contribution is 14.1. The summed E-state index contributed by atoms with van der Waals surface area (Å²) in [7, 11) is 0.897. The molecule has 0 heterocycles. The Morgan fingerprint density at radius 1 is 0.278 bits per heavy atom. The van der Waals surface area contributed by atoms with Crippen molar-refractivity contribution in [1.29, 1.82) is 0 Å². The zero-order valence-electron chi connectivity index (χ0n) is 44.7. The fourth-order valence-electron chi connectivity index (χ4n) is 7.68. The fraction of sp³-hybridized carbons (Fsp3) is 0.955. The molecule has 0 rings (SSSR count). The third-order valence-electron chi connectivity index (χ3n) is 13.1. The highest BCUT2D eigenvalue weighted by atomic mass is 127. The van der Waals surface area contributed by atoms with Gasteiger partial charge < -0.3 is 9.47 Å². The Bertz CT molecular complexity index is 2230. The predicted molar refractivity (Wildman–Crippen MR) is 294 cm³/mol. The Labute approximate surface area is 567 Å². The van der Waals surface area contributed by atoms with E-state index >= 15 is 0 Å². The van der Waals surface area contributed by atoms with Crippen molar-refractivity contribution in [3.8, 4) is 0 Å². The summed E-state index contributed by atoms with van der Waals surface area (Å²) in [6.07, 6.45) is -24.5. The second kappa shape index (κ2) is 29.6. The number of hydrogen-bond donors (Lipinski definition) is 0. The molecule has 0 saturated carbocycles.